The molecule has 0 aromatic rings. The molecule has 0 aromatic heterocycles. The number of carbonyl (C=O) groups is 1. The Bertz CT molecular complexity index is 322. The van der Waals surface area contributed by atoms with Gasteiger partial charge in [0.1, 0.15) is 5.60 Å². The number of aliphatic hydroxyl groups is 1. The summed E-state index contributed by atoms with van der Waals surface area (Å²) in [5.41, 5.74) is -0.582. The summed E-state index contributed by atoms with van der Waals surface area (Å²) in [4.78, 5) is 23.2. The highest BCUT2D eigenvalue weighted by molar-refractivity contribution is 5.69. The lowest BCUT2D eigenvalue weighted by atomic mass is 10.2. The minimum atomic E-state index is -0.594. The van der Waals surface area contributed by atoms with Crippen LogP contribution in [0.1, 0.15) is 27.2 Å². The van der Waals surface area contributed by atoms with Gasteiger partial charge in [0.2, 0.25) is 0 Å². The van der Waals surface area contributed by atoms with Gasteiger partial charge < -0.3 is 9.84 Å². The number of amides is 1. The largest absolute Gasteiger partial charge is 0.444 e. The monoisotopic (exact) mass is 242 g/mol. The van der Waals surface area contributed by atoms with Gasteiger partial charge in [0, 0.05) is 0 Å². The molecule has 1 fully saturated rings. The molecule has 0 unspecified atom stereocenters. The summed E-state index contributed by atoms with van der Waals surface area (Å²) >= 11 is 0. The molecule has 1 saturated heterocycles. The molecule has 1 heterocycles. The minimum absolute atomic E-state index is 0.211. The van der Waals surface area contributed by atoms with Crippen molar-refractivity contribution in [1.82, 2.24) is 4.90 Å². The van der Waals surface area contributed by atoms with Crippen LogP contribution in [0.3, 0.4) is 0 Å². The third-order valence-corrected chi connectivity index (χ3v) is 2.32. The number of ether oxygens (including phenoxy) is 1. The summed E-state index contributed by atoms with van der Waals surface area (Å²) in [6.07, 6.45) is 1.89. The molecular formula is C11H18N2O4. The Labute approximate surface area is 100 Å². The normalized spacial score (nSPS) is 25.3. The lowest BCUT2D eigenvalue weighted by Crippen LogP contribution is -2.39. The second-order valence-corrected chi connectivity index (χ2v) is 5.04. The number of likely N-dealkylation sites (tertiary alicyclic amines) is 1. The number of hydrogen-bond donors (Lipinski definition) is 1. The maximum Gasteiger partial charge on any atom is 0.410 e. The maximum atomic E-state index is 11.8. The van der Waals surface area contributed by atoms with E-state index in [2.05, 4.69) is 5.18 Å². The maximum absolute atomic E-state index is 11.8. The number of aliphatic hydroxyl groups excluding tert-OH is 1. The van der Waals surface area contributed by atoms with Crippen molar-refractivity contribution in [3.8, 4) is 0 Å². The highest BCUT2D eigenvalue weighted by atomic mass is 16.6. The number of rotatable bonds is 2. The van der Waals surface area contributed by atoms with Crippen molar-refractivity contribution in [3.63, 3.8) is 0 Å². The van der Waals surface area contributed by atoms with Crippen molar-refractivity contribution in [2.24, 2.45) is 5.18 Å². The summed E-state index contributed by atoms with van der Waals surface area (Å²) in [6, 6.07) is -0.336. The lowest BCUT2D eigenvalue weighted by Gasteiger charge is -2.27. The SMILES string of the molecule is CC(C)(C)OC(=O)N1C[C@H](O)C[C@H]1/C=C/N=O. The molecule has 1 rings (SSSR count). The van der Waals surface area contributed by atoms with Gasteiger partial charge in [0.05, 0.1) is 24.9 Å². The van der Waals surface area contributed by atoms with Gasteiger partial charge in [-0.2, -0.15) is 0 Å². The van der Waals surface area contributed by atoms with Gasteiger partial charge in [0.25, 0.3) is 0 Å². The average Bonchev–Trinajstić information content (AvgIpc) is 2.54. The molecule has 0 spiro atoms. The van der Waals surface area contributed by atoms with Crippen molar-refractivity contribution >= 4 is 6.09 Å². The van der Waals surface area contributed by atoms with Gasteiger partial charge in [-0.1, -0.05) is 0 Å². The van der Waals surface area contributed by atoms with Crippen LogP contribution in [0.5, 0.6) is 0 Å². The van der Waals surface area contributed by atoms with E-state index in [0.717, 1.165) is 6.20 Å². The molecular weight excluding hydrogens is 224 g/mol. The number of nitroso groups, excluding NO2 is 1. The highest BCUT2D eigenvalue weighted by Gasteiger charge is 2.35. The molecule has 6 heteroatoms. The van der Waals surface area contributed by atoms with Crippen LogP contribution < -0.4 is 0 Å². The molecule has 1 aliphatic heterocycles. The van der Waals surface area contributed by atoms with E-state index in [9.17, 15) is 14.8 Å². The zero-order valence-corrected chi connectivity index (χ0v) is 10.3. The van der Waals surface area contributed by atoms with E-state index in [4.69, 9.17) is 4.74 Å². The molecule has 0 aromatic carbocycles. The third kappa shape index (κ3) is 4.14. The zero-order chi connectivity index (χ0) is 13.1. The Hall–Kier alpha value is -1.43. The van der Waals surface area contributed by atoms with Gasteiger partial charge in [-0.3, -0.25) is 4.90 Å². The number of β-amino-alcohol motifs (C(OH)–C–C–N with tert-alkyl or cyclic N) is 1. The Morgan fingerprint density at radius 3 is 2.71 bits per heavy atom. The van der Waals surface area contributed by atoms with Gasteiger partial charge in [0.15, 0.2) is 0 Å². The minimum Gasteiger partial charge on any atom is -0.444 e. The number of hydrogen-bond acceptors (Lipinski definition) is 5. The first-order chi connectivity index (χ1) is 7.83. The van der Waals surface area contributed by atoms with Gasteiger partial charge in [-0.15, -0.1) is 4.91 Å². The standard InChI is InChI=1S/C11H18N2O4/c1-11(2,3)17-10(15)13-7-9(14)6-8(13)4-5-12-16/h4-5,8-9,14H,6-7H2,1-3H3/b5-4+/t8-,9-/m1/s1. The summed E-state index contributed by atoms with van der Waals surface area (Å²) < 4.78 is 5.21. The fourth-order valence-electron chi connectivity index (χ4n) is 1.69. The smallest absolute Gasteiger partial charge is 0.410 e. The topological polar surface area (TPSA) is 79.2 Å². The van der Waals surface area contributed by atoms with Gasteiger partial charge in [-0.25, -0.2) is 4.79 Å². The Morgan fingerprint density at radius 2 is 2.18 bits per heavy atom. The summed E-state index contributed by atoms with van der Waals surface area (Å²) in [5.74, 6) is 0. The van der Waals surface area contributed by atoms with Crippen LogP contribution >= 0.6 is 0 Å². The summed E-state index contributed by atoms with van der Waals surface area (Å²) in [6.45, 7) is 5.53. The van der Waals surface area contributed by atoms with Crippen LogP contribution in [0.25, 0.3) is 0 Å². The molecule has 6 nitrogen and oxygen atoms in total. The first kappa shape index (κ1) is 13.6. The van der Waals surface area contributed by atoms with E-state index in [-0.39, 0.29) is 12.6 Å². The van der Waals surface area contributed by atoms with Crippen LogP contribution in [0, 0.1) is 4.91 Å². The zero-order valence-electron chi connectivity index (χ0n) is 10.3. The predicted molar refractivity (Wildman–Crippen MR) is 62.3 cm³/mol. The fourth-order valence-corrected chi connectivity index (χ4v) is 1.69. The van der Waals surface area contributed by atoms with Crippen LogP contribution in [-0.4, -0.2) is 40.4 Å². The number of nitrogens with zero attached hydrogens (tertiary/aromatic N) is 2. The molecule has 0 radical (unpaired) electrons. The van der Waals surface area contributed by atoms with E-state index in [1.807, 2.05) is 0 Å². The Morgan fingerprint density at radius 1 is 1.53 bits per heavy atom. The first-order valence-electron chi connectivity index (χ1n) is 5.50. The molecule has 0 aliphatic carbocycles. The van der Waals surface area contributed by atoms with Crippen LogP contribution in [0.2, 0.25) is 0 Å². The van der Waals surface area contributed by atoms with Crippen molar-refractivity contribution in [2.75, 3.05) is 6.54 Å². The van der Waals surface area contributed by atoms with Crippen molar-refractivity contribution < 1.29 is 14.6 Å². The fraction of sp³-hybridized carbons (Fsp3) is 0.727. The second-order valence-electron chi connectivity index (χ2n) is 5.04. The molecule has 1 N–H and O–H groups in total. The average molecular weight is 242 g/mol. The molecule has 1 amide bonds. The molecule has 96 valence electrons. The van der Waals surface area contributed by atoms with Crippen LogP contribution in [-0.2, 0) is 4.74 Å². The Kier molecular flexibility index (Phi) is 4.22. The Balaban J connectivity index is 2.69. The third-order valence-electron chi connectivity index (χ3n) is 2.32. The quantitative estimate of drug-likeness (QED) is 0.746. The van der Waals surface area contributed by atoms with E-state index in [1.54, 1.807) is 20.8 Å². The van der Waals surface area contributed by atoms with Gasteiger partial charge in [-0.05, 0) is 38.4 Å². The molecule has 2 atom stereocenters. The van der Waals surface area contributed by atoms with Crippen LogP contribution in [0.15, 0.2) is 17.5 Å². The first-order valence-corrected chi connectivity index (χ1v) is 5.50. The van der Waals surface area contributed by atoms with Crippen LogP contribution in [0.4, 0.5) is 4.79 Å². The van der Waals surface area contributed by atoms with E-state index < -0.39 is 17.8 Å². The second kappa shape index (κ2) is 5.27. The summed E-state index contributed by atoms with van der Waals surface area (Å²) in [7, 11) is 0. The molecule has 0 saturated carbocycles. The molecule has 1 aliphatic rings. The molecule has 0 bridgehead atoms. The van der Waals surface area contributed by atoms with Crippen molar-refractivity contribution in [1.29, 1.82) is 0 Å². The van der Waals surface area contributed by atoms with Crippen molar-refractivity contribution in [3.05, 3.63) is 17.2 Å². The predicted octanol–water partition coefficient (Wildman–Crippen LogP) is 1.64. The van der Waals surface area contributed by atoms with Gasteiger partial charge >= 0.3 is 6.09 Å². The van der Waals surface area contributed by atoms with E-state index in [0.29, 0.717) is 6.42 Å². The van der Waals surface area contributed by atoms with E-state index in [1.165, 1.54) is 11.0 Å². The van der Waals surface area contributed by atoms with Crippen molar-refractivity contribution in [2.45, 2.75) is 44.9 Å². The van der Waals surface area contributed by atoms with E-state index >= 15 is 0 Å². The number of carbonyl (C=O) groups excluding carboxylic acids is 1. The summed E-state index contributed by atoms with van der Waals surface area (Å²) in [5, 5.41) is 12.1. The highest BCUT2D eigenvalue weighted by Crippen LogP contribution is 2.22. The molecule has 17 heavy (non-hydrogen) atoms. The lowest BCUT2D eigenvalue weighted by molar-refractivity contribution is 0.0235.